The molecule has 1 atom stereocenters. The number of hydrogen-bond donors (Lipinski definition) is 2. The Labute approximate surface area is 99.7 Å². The Kier molecular flexibility index (Phi) is 3.23. The summed E-state index contributed by atoms with van der Waals surface area (Å²) in [7, 11) is 0. The molecule has 0 amide bonds. The van der Waals surface area contributed by atoms with Crippen LogP contribution in [0.1, 0.15) is 19.7 Å². The Morgan fingerprint density at radius 1 is 1.41 bits per heavy atom. The van der Waals surface area contributed by atoms with Crippen LogP contribution in [0.25, 0.3) is 5.65 Å². The largest absolute Gasteiger partial charge is 0.391 e. The minimum atomic E-state index is -0.402. The summed E-state index contributed by atoms with van der Waals surface area (Å²) in [5.74, 6) is 1.67. The Bertz CT molecular complexity index is 508. The SMILES string of the molecule is Cc1nnc2c(NCC(O)C(C)C)nccn12. The average Bonchev–Trinajstić information content (AvgIpc) is 2.69. The number of aliphatic hydroxyl groups is 1. The van der Waals surface area contributed by atoms with Crippen molar-refractivity contribution >= 4 is 11.5 Å². The van der Waals surface area contributed by atoms with E-state index in [2.05, 4.69) is 20.5 Å². The molecule has 0 aliphatic rings. The number of rotatable bonds is 4. The summed E-state index contributed by atoms with van der Waals surface area (Å²) in [5.41, 5.74) is 0.681. The van der Waals surface area contributed by atoms with E-state index in [1.165, 1.54) is 0 Å². The van der Waals surface area contributed by atoms with Gasteiger partial charge in [0.1, 0.15) is 5.82 Å². The molecule has 0 spiro atoms. The zero-order valence-corrected chi connectivity index (χ0v) is 10.3. The van der Waals surface area contributed by atoms with Gasteiger partial charge in [-0.1, -0.05) is 13.8 Å². The molecule has 0 radical (unpaired) electrons. The molecule has 0 saturated heterocycles. The molecule has 2 heterocycles. The van der Waals surface area contributed by atoms with Gasteiger partial charge in [0.2, 0.25) is 5.65 Å². The Balaban J connectivity index is 2.19. The van der Waals surface area contributed by atoms with Crippen molar-refractivity contribution in [3.8, 4) is 0 Å². The number of aromatic nitrogens is 4. The van der Waals surface area contributed by atoms with Crippen molar-refractivity contribution in [1.82, 2.24) is 19.6 Å². The summed E-state index contributed by atoms with van der Waals surface area (Å²) in [6, 6.07) is 0. The van der Waals surface area contributed by atoms with Crippen LogP contribution in [0.15, 0.2) is 12.4 Å². The van der Waals surface area contributed by atoms with Gasteiger partial charge < -0.3 is 10.4 Å². The molecular weight excluding hydrogens is 218 g/mol. The van der Waals surface area contributed by atoms with Crippen molar-refractivity contribution in [3.63, 3.8) is 0 Å². The Hall–Kier alpha value is -1.69. The number of aryl methyl sites for hydroxylation is 1. The van der Waals surface area contributed by atoms with Crippen LogP contribution in [0, 0.1) is 12.8 Å². The number of fused-ring (bicyclic) bond motifs is 1. The molecule has 2 rings (SSSR count). The van der Waals surface area contributed by atoms with Gasteiger partial charge in [-0.25, -0.2) is 4.98 Å². The second-order valence-corrected chi connectivity index (χ2v) is 4.41. The van der Waals surface area contributed by atoms with Crippen molar-refractivity contribution in [2.75, 3.05) is 11.9 Å². The predicted molar refractivity (Wildman–Crippen MR) is 64.9 cm³/mol. The van der Waals surface area contributed by atoms with Gasteiger partial charge in [0.15, 0.2) is 5.82 Å². The molecule has 92 valence electrons. The van der Waals surface area contributed by atoms with Crippen LogP contribution in [0.2, 0.25) is 0 Å². The lowest BCUT2D eigenvalue weighted by molar-refractivity contribution is 0.138. The Morgan fingerprint density at radius 2 is 2.18 bits per heavy atom. The van der Waals surface area contributed by atoms with Crippen LogP contribution in [0.3, 0.4) is 0 Å². The fourth-order valence-corrected chi connectivity index (χ4v) is 1.50. The van der Waals surface area contributed by atoms with Crippen LogP contribution in [0.4, 0.5) is 5.82 Å². The van der Waals surface area contributed by atoms with Gasteiger partial charge in [-0.15, -0.1) is 10.2 Å². The second kappa shape index (κ2) is 4.67. The predicted octanol–water partition coefficient (Wildman–Crippen LogP) is 0.862. The van der Waals surface area contributed by atoms with Gasteiger partial charge in [-0.3, -0.25) is 4.40 Å². The molecule has 0 saturated carbocycles. The van der Waals surface area contributed by atoms with E-state index in [0.29, 0.717) is 18.0 Å². The van der Waals surface area contributed by atoms with E-state index in [9.17, 15) is 5.11 Å². The molecule has 2 N–H and O–H groups in total. The summed E-state index contributed by atoms with van der Waals surface area (Å²) in [5, 5.41) is 20.9. The lowest BCUT2D eigenvalue weighted by Crippen LogP contribution is -2.25. The van der Waals surface area contributed by atoms with Crippen LogP contribution in [0.5, 0.6) is 0 Å². The van der Waals surface area contributed by atoms with Gasteiger partial charge in [0.05, 0.1) is 6.10 Å². The summed E-state index contributed by atoms with van der Waals surface area (Å²) >= 11 is 0. The highest BCUT2D eigenvalue weighted by atomic mass is 16.3. The number of aliphatic hydroxyl groups excluding tert-OH is 1. The van der Waals surface area contributed by atoms with Crippen molar-refractivity contribution in [1.29, 1.82) is 0 Å². The van der Waals surface area contributed by atoms with E-state index in [1.807, 2.05) is 31.4 Å². The van der Waals surface area contributed by atoms with Gasteiger partial charge in [-0.05, 0) is 12.8 Å². The topological polar surface area (TPSA) is 75.3 Å². The minimum absolute atomic E-state index is 0.210. The van der Waals surface area contributed by atoms with E-state index in [1.54, 1.807) is 6.20 Å². The minimum Gasteiger partial charge on any atom is -0.391 e. The number of nitrogens with one attached hydrogen (secondary N) is 1. The zero-order chi connectivity index (χ0) is 12.4. The third-order valence-corrected chi connectivity index (χ3v) is 2.75. The first kappa shape index (κ1) is 11.8. The van der Waals surface area contributed by atoms with E-state index in [4.69, 9.17) is 0 Å². The summed E-state index contributed by atoms with van der Waals surface area (Å²) in [4.78, 5) is 4.21. The first-order chi connectivity index (χ1) is 8.09. The highest BCUT2D eigenvalue weighted by Gasteiger charge is 2.11. The number of hydrogen-bond acceptors (Lipinski definition) is 5. The second-order valence-electron chi connectivity index (χ2n) is 4.41. The third kappa shape index (κ3) is 2.36. The molecule has 2 aromatic rings. The van der Waals surface area contributed by atoms with Crippen molar-refractivity contribution < 1.29 is 5.11 Å². The van der Waals surface area contributed by atoms with Gasteiger partial charge in [-0.2, -0.15) is 0 Å². The molecule has 0 fully saturated rings. The van der Waals surface area contributed by atoms with Crippen LogP contribution >= 0.6 is 0 Å². The molecule has 1 unspecified atom stereocenters. The first-order valence-corrected chi connectivity index (χ1v) is 5.68. The maximum Gasteiger partial charge on any atom is 0.203 e. The van der Waals surface area contributed by atoms with Crippen LogP contribution < -0.4 is 5.32 Å². The lowest BCUT2D eigenvalue weighted by atomic mass is 10.1. The van der Waals surface area contributed by atoms with Gasteiger partial charge >= 0.3 is 0 Å². The lowest BCUT2D eigenvalue weighted by Gasteiger charge is -2.15. The third-order valence-electron chi connectivity index (χ3n) is 2.75. The number of nitrogens with zero attached hydrogens (tertiary/aromatic N) is 4. The van der Waals surface area contributed by atoms with E-state index >= 15 is 0 Å². The quantitative estimate of drug-likeness (QED) is 0.822. The molecule has 17 heavy (non-hydrogen) atoms. The van der Waals surface area contributed by atoms with Gasteiger partial charge in [0, 0.05) is 18.9 Å². The molecule has 0 bridgehead atoms. The van der Waals surface area contributed by atoms with Crippen molar-refractivity contribution in [2.45, 2.75) is 26.9 Å². The normalized spacial score (nSPS) is 13.2. The van der Waals surface area contributed by atoms with E-state index in [-0.39, 0.29) is 5.92 Å². The van der Waals surface area contributed by atoms with E-state index in [0.717, 1.165) is 5.82 Å². The highest BCUT2D eigenvalue weighted by Crippen LogP contribution is 2.12. The molecule has 6 nitrogen and oxygen atoms in total. The first-order valence-electron chi connectivity index (χ1n) is 5.68. The van der Waals surface area contributed by atoms with Crippen molar-refractivity contribution in [2.24, 2.45) is 5.92 Å². The van der Waals surface area contributed by atoms with Crippen molar-refractivity contribution in [3.05, 3.63) is 18.2 Å². The molecule has 0 aliphatic carbocycles. The van der Waals surface area contributed by atoms with E-state index < -0.39 is 6.10 Å². The summed E-state index contributed by atoms with van der Waals surface area (Å²) in [6.07, 6.45) is 3.10. The fraction of sp³-hybridized carbons (Fsp3) is 0.545. The molecule has 6 heteroatoms. The summed E-state index contributed by atoms with van der Waals surface area (Å²) in [6.45, 7) is 6.28. The average molecular weight is 235 g/mol. The Morgan fingerprint density at radius 3 is 2.88 bits per heavy atom. The maximum absolute atomic E-state index is 9.73. The monoisotopic (exact) mass is 235 g/mol. The number of anilines is 1. The smallest absolute Gasteiger partial charge is 0.203 e. The van der Waals surface area contributed by atoms with Crippen LogP contribution in [-0.4, -0.2) is 37.3 Å². The molecule has 2 aromatic heterocycles. The molecular formula is C11H17N5O. The fourth-order valence-electron chi connectivity index (χ4n) is 1.50. The summed E-state index contributed by atoms with van der Waals surface area (Å²) < 4.78 is 1.86. The molecule has 0 aromatic carbocycles. The van der Waals surface area contributed by atoms with Gasteiger partial charge in [0.25, 0.3) is 0 Å². The maximum atomic E-state index is 9.73. The zero-order valence-electron chi connectivity index (χ0n) is 10.3. The molecule has 0 aliphatic heterocycles. The van der Waals surface area contributed by atoms with Crippen LogP contribution in [-0.2, 0) is 0 Å². The highest BCUT2D eigenvalue weighted by molar-refractivity contribution is 5.61. The standard InChI is InChI=1S/C11H17N5O/c1-7(2)9(17)6-13-10-11-15-14-8(3)16(11)5-4-12-10/h4-5,7,9,17H,6H2,1-3H3,(H,12,13).